The summed E-state index contributed by atoms with van der Waals surface area (Å²) in [5.74, 6) is 0.0269. The van der Waals surface area contributed by atoms with Gasteiger partial charge in [-0.3, -0.25) is 0 Å². The van der Waals surface area contributed by atoms with Crippen molar-refractivity contribution in [2.24, 2.45) is 5.92 Å². The summed E-state index contributed by atoms with van der Waals surface area (Å²) >= 11 is 0. The van der Waals surface area contributed by atoms with Crippen molar-refractivity contribution in [1.29, 1.82) is 0 Å². The molecule has 118 valence electrons. The van der Waals surface area contributed by atoms with Crippen LogP contribution in [-0.2, 0) is 6.54 Å². The van der Waals surface area contributed by atoms with Crippen LogP contribution in [0.25, 0.3) is 5.69 Å². The van der Waals surface area contributed by atoms with Crippen LogP contribution in [0.1, 0.15) is 19.4 Å². The highest BCUT2D eigenvalue weighted by Gasteiger charge is 2.13. The zero-order chi connectivity index (χ0) is 15.9. The predicted octanol–water partition coefficient (Wildman–Crippen LogP) is 1.69. The molecule has 2 unspecified atom stereocenters. The highest BCUT2D eigenvalue weighted by Crippen LogP contribution is 2.08. The number of carbonyl (C=O) groups excluding carboxylic acids is 1. The van der Waals surface area contributed by atoms with E-state index in [1.807, 2.05) is 50.4 Å². The molecule has 6 nitrogen and oxygen atoms in total. The first-order valence-corrected chi connectivity index (χ1v) is 7.34. The average molecular weight is 302 g/mol. The number of aliphatic hydroxyl groups is 1. The highest BCUT2D eigenvalue weighted by atomic mass is 16.3. The van der Waals surface area contributed by atoms with Gasteiger partial charge in [0.15, 0.2) is 0 Å². The molecular weight excluding hydrogens is 280 g/mol. The molecule has 2 aromatic rings. The van der Waals surface area contributed by atoms with E-state index in [-0.39, 0.29) is 24.6 Å². The molecule has 0 radical (unpaired) electrons. The monoisotopic (exact) mass is 302 g/mol. The molecule has 2 rings (SSSR count). The molecule has 0 fully saturated rings. The standard InChI is InChI=1S/C16H22N4O2/c1-12(11-21)13(2)19-16(22)17-10-14-4-6-15(7-5-14)20-9-3-8-18-20/h3-9,12-13,21H,10-11H2,1-2H3,(H2,17,19,22). The van der Waals surface area contributed by atoms with Crippen molar-refractivity contribution in [3.63, 3.8) is 0 Å². The van der Waals surface area contributed by atoms with E-state index < -0.39 is 0 Å². The molecule has 0 aliphatic carbocycles. The normalized spacial score (nSPS) is 13.4. The van der Waals surface area contributed by atoms with Gasteiger partial charge in [0, 0.05) is 31.6 Å². The van der Waals surface area contributed by atoms with Gasteiger partial charge < -0.3 is 15.7 Å². The van der Waals surface area contributed by atoms with Crippen molar-refractivity contribution in [3.8, 4) is 5.69 Å². The number of carbonyl (C=O) groups is 1. The van der Waals surface area contributed by atoms with Gasteiger partial charge in [-0.1, -0.05) is 19.1 Å². The van der Waals surface area contributed by atoms with E-state index in [9.17, 15) is 4.79 Å². The number of aromatic nitrogens is 2. The molecular formula is C16H22N4O2. The molecule has 3 N–H and O–H groups in total. The molecule has 1 aromatic heterocycles. The molecule has 6 heteroatoms. The Kier molecular flexibility index (Phi) is 5.55. The van der Waals surface area contributed by atoms with E-state index in [1.165, 1.54) is 0 Å². The van der Waals surface area contributed by atoms with Crippen LogP contribution in [0.15, 0.2) is 42.7 Å². The van der Waals surface area contributed by atoms with Gasteiger partial charge in [0.05, 0.1) is 5.69 Å². The van der Waals surface area contributed by atoms with E-state index in [1.54, 1.807) is 10.9 Å². The lowest BCUT2D eigenvalue weighted by molar-refractivity contribution is 0.200. The van der Waals surface area contributed by atoms with Crippen LogP contribution in [0.3, 0.4) is 0 Å². The smallest absolute Gasteiger partial charge is 0.315 e. The summed E-state index contributed by atoms with van der Waals surface area (Å²) < 4.78 is 1.78. The average Bonchev–Trinajstić information content (AvgIpc) is 3.07. The van der Waals surface area contributed by atoms with Gasteiger partial charge in [-0.25, -0.2) is 9.48 Å². The number of benzene rings is 1. The number of aliphatic hydroxyl groups excluding tert-OH is 1. The summed E-state index contributed by atoms with van der Waals surface area (Å²) in [6.07, 6.45) is 3.61. The molecule has 0 aliphatic rings. The second-order valence-electron chi connectivity index (χ2n) is 5.39. The minimum atomic E-state index is -0.232. The molecule has 0 aliphatic heterocycles. The summed E-state index contributed by atoms with van der Waals surface area (Å²) in [7, 11) is 0. The Morgan fingerprint density at radius 2 is 2.05 bits per heavy atom. The van der Waals surface area contributed by atoms with Gasteiger partial charge in [0.2, 0.25) is 0 Å². The quantitative estimate of drug-likeness (QED) is 0.759. The number of nitrogens with zero attached hydrogens (tertiary/aromatic N) is 2. The van der Waals surface area contributed by atoms with Crippen LogP contribution in [0.4, 0.5) is 4.79 Å². The van der Waals surface area contributed by atoms with Crippen LogP contribution >= 0.6 is 0 Å². The fraction of sp³-hybridized carbons (Fsp3) is 0.375. The topological polar surface area (TPSA) is 79.2 Å². The van der Waals surface area contributed by atoms with Crippen LogP contribution in [0.2, 0.25) is 0 Å². The minimum absolute atomic E-state index is 0.0269. The lowest BCUT2D eigenvalue weighted by Crippen LogP contribution is -2.43. The number of hydrogen-bond acceptors (Lipinski definition) is 3. The van der Waals surface area contributed by atoms with E-state index >= 15 is 0 Å². The van der Waals surface area contributed by atoms with Crippen molar-refractivity contribution in [3.05, 3.63) is 48.3 Å². The first-order chi connectivity index (χ1) is 10.6. The Labute approximate surface area is 130 Å². The predicted molar refractivity (Wildman–Crippen MR) is 84.6 cm³/mol. The van der Waals surface area contributed by atoms with Gasteiger partial charge in [0.1, 0.15) is 0 Å². The summed E-state index contributed by atoms with van der Waals surface area (Å²) in [4.78, 5) is 11.8. The van der Waals surface area contributed by atoms with Crippen LogP contribution in [0, 0.1) is 5.92 Å². The lowest BCUT2D eigenvalue weighted by Gasteiger charge is -2.19. The fourth-order valence-corrected chi connectivity index (χ4v) is 1.93. The summed E-state index contributed by atoms with van der Waals surface area (Å²) in [6.45, 7) is 4.26. The van der Waals surface area contributed by atoms with Gasteiger partial charge in [-0.05, 0) is 36.6 Å². The summed E-state index contributed by atoms with van der Waals surface area (Å²) in [6, 6.07) is 9.38. The van der Waals surface area contributed by atoms with Gasteiger partial charge >= 0.3 is 6.03 Å². The second kappa shape index (κ2) is 7.61. The maximum atomic E-state index is 11.8. The molecule has 22 heavy (non-hydrogen) atoms. The zero-order valence-corrected chi connectivity index (χ0v) is 12.9. The molecule has 0 saturated heterocycles. The largest absolute Gasteiger partial charge is 0.396 e. The van der Waals surface area contributed by atoms with Gasteiger partial charge in [0.25, 0.3) is 0 Å². The first-order valence-electron chi connectivity index (χ1n) is 7.34. The zero-order valence-electron chi connectivity index (χ0n) is 12.9. The van der Waals surface area contributed by atoms with Crippen LogP contribution in [0.5, 0.6) is 0 Å². The number of urea groups is 1. The molecule has 2 atom stereocenters. The lowest BCUT2D eigenvalue weighted by atomic mass is 10.1. The van der Waals surface area contributed by atoms with Crippen molar-refractivity contribution in [2.45, 2.75) is 26.4 Å². The Balaban J connectivity index is 1.83. The third-order valence-electron chi connectivity index (χ3n) is 3.66. The Morgan fingerprint density at radius 3 is 2.64 bits per heavy atom. The SMILES string of the molecule is CC(CO)C(C)NC(=O)NCc1ccc(-n2cccn2)cc1. The molecule has 1 heterocycles. The Hall–Kier alpha value is -2.34. The van der Waals surface area contributed by atoms with E-state index in [0.717, 1.165) is 11.3 Å². The number of nitrogens with one attached hydrogen (secondary N) is 2. The third-order valence-corrected chi connectivity index (χ3v) is 3.66. The third kappa shape index (κ3) is 4.33. The number of amides is 2. The molecule has 0 bridgehead atoms. The molecule has 0 spiro atoms. The molecule has 1 aromatic carbocycles. The number of hydrogen-bond donors (Lipinski definition) is 3. The maximum absolute atomic E-state index is 11.8. The van der Waals surface area contributed by atoms with Crippen molar-refractivity contribution in [1.82, 2.24) is 20.4 Å². The first kappa shape index (κ1) is 16.0. The number of rotatable bonds is 6. The van der Waals surface area contributed by atoms with Crippen molar-refractivity contribution in [2.75, 3.05) is 6.61 Å². The minimum Gasteiger partial charge on any atom is -0.396 e. The van der Waals surface area contributed by atoms with Crippen molar-refractivity contribution >= 4 is 6.03 Å². The maximum Gasteiger partial charge on any atom is 0.315 e. The van der Waals surface area contributed by atoms with Crippen molar-refractivity contribution < 1.29 is 9.90 Å². The van der Waals surface area contributed by atoms with Crippen LogP contribution < -0.4 is 10.6 Å². The fourth-order valence-electron chi connectivity index (χ4n) is 1.93. The van der Waals surface area contributed by atoms with E-state index in [2.05, 4.69) is 15.7 Å². The van der Waals surface area contributed by atoms with Crippen LogP contribution in [-0.4, -0.2) is 33.6 Å². The Morgan fingerprint density at radius 1 is 1.32 bits per heavy atom. The summed E-state index contributed by atoms with van der Waals surface area (Å²) in [5.41, 5.74) is 1.98. The summed E-state index contributed by atoms with van der Waals surface area (Å²) in [5, 5.41) is 18.8. The van der Waals surface area contributed by atoms with Gasteiger partial charge in [-0.2, -0.15) is 5.10 Å². The molecule has 2 amide bonds. The van der Waals surface area contributed by atoms with E-state index in [0.29, 0.717) is 6.54 Å². The second-order valence-corrected chi connectivity index (χ2v) is 5.39. The van der Waals surface area contributed by atoms with E-state index in [4.69, 9.17) is 5.11 Å². The Bertz CT molecular complexity index is 581. The molecule has 0 saturated carbocycles. The highest BCUT2D eigenvalue weighted by molar-refractivity contribution is 5.74. The van der Waals surface area contributed by atoms with Gasteiger partial charge in [-0.15, -0.1) is 0 Å².